The lowest BCUT2D eigenvalue weighted by Crippen LogP contribution is -2.52. The molecule has 1 atom stereocenters. The molecule has 0 radical (unpaired) electrons. The third kappa shape index (κ3) is 3.96. The number of fused-ring (bicyclic) bond motifs is 1. The van der Waals surface area contributed by atoms with Crippen LogP contribution in [0.2, 0.25) is 5.02 Å². The first-order valence-electron chi connectivity index (χ1n) is 10.7. The maximum absolute atomic E-state index is 12.8. The number of hydrogen-bond acceptors (Lipinski definition) is 6. The van der Waals surface area contributed by atoms with Crippen LogP contribution in [-0.4, -0.2) is 46.6 Å². The van der Waals surface area contributed by atoms with E-state index in [4.69, 9.17) is 16.6 Å². The van der Waals surface area contributed by atoms with Gasteiger partial charge in [-0.1, -0.05) is 47.5 Å². The van der Waals surface area contributed by atoms with Crippen molar-refractivity contribution in [2.24, 2.45) is 4.99 Å². The molecule has 0 bridgehead atoms. The lowest BCUT2D eigenvalue weighted by atomic mass is 10.1. The lowest BCUT2D eigenvalue weighted by Gasteiger charge is -2.39. The minimum Gasteiger partial charge on any atom is -0.368 e. The van der Waals surface area contributed by atoms with Gasteiger partial charge in [0.1, 0.15) is 0 Å². The van der Waals surface area contributed by atoms with Gasteiger partial charge < -0.3 is 9.80 Å². The number of hydrogen-bond donors (Lipinski definition) is 1. The molecule has 0 saturated carbocycles. The van der Waals surface area contributed by atoms with Gasteiger partial charge in [-0.15, -0.1) is 0 Å². The first kappa shape index (κ1) is 20.6. The molecule has 2 aromatic carbocycles. The van der Waals surface area contributed by atoms with Crippen LogP contribution < -0.4 is 15.8 Å². The predicted molar refractivity (Wildman–Crippen MR) is 129 cm³/mol. The van der Waals surface area contributed by atoms with Gasteiger partial charge in [0.25, 0.3) is 5.56 Å². The van der Waals surface area contributed by atoms with E-state index in [-0.39, 0.29) is 5.56 Å². The summed E-state index contributed by atoms with van der Waals surface area (Å²) >= 11 is 6.17. The summed E-state index contributed by atoms with van der Waals surface area (Å²) in [5, 5.41) is 4.05. The van der Waals surface area contributed by atoms with Gasteiger partial charge in [0.05, 0.1) is 0 Å². The second-order valence-corrected chi connectivity index (χ2v) is 8.68. The van der Waals surface area contributed by atoms with Crippen molar-refractivity contribution in [3.63, 3.8) is 0 Å². The van der Waals surface area contributed by atoms with Crippen LogP contribution in [0.4, 0.5) is 11.6 Å². The van der Waals surface area contributed by atoms with Crippen molar-refractivity contribution >= 4 is 29.2 Å². The lowest BCUT2D eigenvalue weighted by molar-refractivity contribution is 0.376. The molecule has 32 heavy (non-hydrogen) atoms. The summed E-state index contributed by atoms with van der Waals surface area (Å²) in [4.78, 5) is 26.9. The molecule has 1 unspecified atom stereocenters. The highest BCUT2D eigenvalue weighted by Crippen LogP contribution is 2.27. The topological polar surface area (TPSA) is 65.8 Å². The standard InChI is InChI=1S/C24H25ClN6O/c1-16-6-8-18(9-7-16)22-27-23(28-24-26-17(2)14-21(32)31(22)24)30-12-10-29(11-13-30)20-5-3-4-19(25)15-20/h3-9,14-15,22H,10-13H2,1-2H3,(H,26,27,28). The van der Waals surface area contributed by atoms with E-state index in [1.807, 2.05) is 56.3 Å². The molecular weight excluding hydrogens is 424 g/mol. The minimum absolute atomic E-state index is 0.112. The molecule has 2 aliphatic heterocycles. The average Bonchev–Trinajstić information content (AvgIpc) is 2.79. The van der Waals surface area contributed by atoms with Crippen molar-refractivity contribution in [1.29, 1.82) is 0 Å². The van der Waals surface area contributed by atoms with Crippen LogP contribution in [0.25, 0.3) is 0 Å². The maximum atomic E-state index is 12.8. The number of aryl methyl sites for hydroxylation is 2. The van der Waals surface area contributed by atoms with Crippen LogP contribution in [0, 0.1) is 13.8 Å². The molecule has 3 heterocycles. The van der Waals surface area contributed by atoms with E-state index in [1.54, 1.807) is 10.6 Å². The molecule has 1 fully saturated rings. The van der Waals surface area contributed by atoms with Crippen molar-refractivity contribution in [2.75, 3.05) is 36.4 Å². The molecule has 3 aromatic rings. The zero-order valence-electron chi connectivity index (χ0n) is 18.1. The van der Waals surface area contributed by atoms with Gasteiger partial charge in [0.15, 0.2) is 6.17 Å². The molecule has 5 rings (SSSR count). The Morgan fingerprint density at radius 2 is 1.69 bits per heavy atom. The van der Waals surface area contributed by atoms with Crippen LogP contribution in [0.15, 0.2) is 64.4 Å². The van der Waals surface area contributed by atoms with Crippen LogP contribution >= 0.6 is 11.6 Å². The Hall–Kier alpha value is -3.32. The number of halogens is 1. The molecule has 1 aromatic heterocycles. The van der Waals surface area contributed by atoms with Gasteiger partial charge in [-0.25, -0.2) is 9.98 Å². The maximum Gasteiger partial charge on any atom is 0.257 e. The van der Waals surface area contributed by atoms with Gasteiger partial charge in [-0.3, -0.25) is 14.7 Å². The highest BCUT2D eigenvalue weighted by atomic mass is 35.5. The van der Waals surface area contributed by atoms with Crippen LogP contribution in [0.1, 0.15) is 23.0 Å². The second-order valence-electron chi connectivity index (χ2n) is 8.25. The van der Waals surface area contributed by atoms with Gasteiger partial charge in [0, 0.05) is 48.6 Å². The number of benzene rings is 2. The van der Waals surface area contributed by atoms with Crippen LogP contribution in [-0.2, 0) is 0 Å². The van der Waals surface area contributed by atoms with Crippen molar-refractivity contribution in [2.45, 2.75) is 20.0 Å². The summed E-state index contributed by atoms with van der Waals surface area (Å²) < 4.78 is 1.63. The highest BCUT2D eigenvalue weighted by Gasteiger charge is 2.29. The summed E-state index contributed by atoms with van der Waals surface area (Å²) in [6.45, 7) is 7.18. The minimum atomic E-state index is -0.451. The number of rotatable bonds is 2. The van der Waals surface area contributed by atoms with Gasteiger partial charge in [0.2, 0.25) is 11.9 Å². The zero-order valence-corrected chi connectivity index (χ0v) is 18.9. The van der Waals surface area contributed by atoms with Crippen molar-refractivity contribution in [1.82, 2.24) is 14.5 Å². The third-order valence-electron chi connectivity index (χ3n) is 5.92. The van der Waals surface area contributed by atoms with E-state index < -0.39 is 6.17 Å². The Morgan fingerprint density at radius 1 is 0.969 bits per heavy atom. The Kier molecular flexibility index (Phi) is 5.35. The number of aliphatic imine (C=N–C) groups is 1. The SMILES string of the molecule is Cc1ccc(C2N=C(N3CCN(c4cccc(Cl)c4)CC3)Nc3nc(C)cc(=O)n32)cc1. The summed E-state index contributed by atoms with van der Waals surface area (Å²) in [6, 6.07) is 17.6. The van der Waals surface area contributed by atoms with Crippen LogP contribution in [0.5, 0.6) is 0 Å². The molecule has 1 saturated heterocycles. The highest BCUT2D eigenvalue weighted by molar-refractivity contribution is 6.30. The quantitative estimate of drug-likeness (QED) is 0.648. The zero-order chi connectivity index (χ0) is 22.2. The Labute approximate surface area is 192 Å². The fourth-order valence-electron chi connectivity index (χ4n) is 4.21. The predicted octanol–water partition coefficient (Wildman–Crippen LogP) is 3.66. The fraction of sp³-hybridized carbons (Fsp3) is 0.292. The second kappa shape index (κ2) is 8.31. The molecule has 8 heteroatoms. The van der Waals surface area contributed by atoms with Crippen molar-refractivity contribution < 1.29 is 0 Å². The monoisotopic (exact) mass is 448 g/mol. The molecule has 164 valence electrons. The summed E-state index contributed by atoms with van der Waals surface area (Å²) in [7, 11) is 0. The van der Waals surface area contributed by atoms with Gasteiger partial charge in [-0.2, -0.15) is 0 Å². The Balaban J connectivity index is 1.44. The average molecular weight is 449 g/mol. The van der Waals surface area contributed by atoms with E-state index >= 15 is 0 Å². The summed E-state index contributed by atoms with van der Waals surface area (Å²) in [6.07, 6.45) is -0.451. The molecule has 7 nitrogen and oxygen atoms in total. The smallest absolute Gasteiger partial charge is 0.257 e. The first-order chi connectivity index (χ1) is 15.5. The largest absolute Gasteiger partial charge is 0.368 e. The summed E-state index contributed by atoms with van der Waals surface area (Å²) in [5.74, 6) is 1.28. The molecule has 0 spiro atoms. The number of guanidine groups is 1. The van der Waals surface area contributed by atoms with Crippen molar-refractivity contribution in [3.8, 4) is 0 Å². The molecule has 1 N–H and O–H groups in total. The number of aromatic nitrogens is 2. The molecule has 0 aliphatic carbocycles. The molecule has 0 amide bonds. The van der Waals surface area contributed by atoms with Gasteiger partial charge >= 0.3 is 0 Å². The van der Waals surface area contributed by atoms with E-state index in [2.05, 4.69) is 26.2 Å². The number of nitrogens with zero attached hydrogens (tertiary/aromatic N) is 5. The fourth-order valence-corrected chi connectivity index (χ4v) is 4.39. The van der Waals surface area contributed by atoms with Gasteiger partial charge in [-0.05, 0) is 37.6 Å². The van der Waals surface area contributed by atoms with E-state index in [9.17, 15) is 4.79 Å². The summed E-state index contributed by atoms with van der Waals surface area (Å²) in [5.41, 5.74) is 3.82. The molecular formula is C24H25ClN6O. The van der Waals surface area contributed by atoms with Crippen molar-refractivity contribution in [3.05, 3.63) is 86.8 Å². The number of nitrogens with one attached hydrogen (secondary N) is 1. The van der Waals surface area contributed by atoms with Crippen LogP contribution in [0.3, 0.4) is 0 Å². The number of anilines is 2. The Bertz CT molecular complexity index is 1230. The first-order valence-corrected chi connectivity index (χ1v) is 11.1. The Morgan fingerprint density at radius 3 is 2.41 bits per heavy atom. The normalized spacial score (nSPS) is 18.1. The number of piperazine rings is 1. The van der Waals surface area contributed by atoms with E-state index in [0.29, 0.717) is 11.6 Å². The molecule has 2 aliphatic rings. The van der Waals surface area contributed by atoms with E-state index in [0.717, 1.165) is 48.4 Å². The third-order valence-corrected chi connectivity index (χ3v) is 6.16. The van der Waals surface area contributed by atoms with E-state index in [1.165, 1.54) is 5.56 Å².